The lowest BCUT2D eigenvalue weighted by molar-refractivity contribution is -0.134. The molecule has 31 heavy (non-hydrogen) atoms. The highest BCUT2D eigenvalue weighted by molar-refractivity contribution is 7.90. The first kappa shape index (κ1) is 22.0. The number of amides is 1. The lowest BCUT2D eigenvalue weighted by Crippen LogP contribution is -2.51. The molecule has 1 fully saturated rings. The van der Waals surface area contributed by atoms with Crippen LogP contribution in [0, 0.1) is 0 Å². The number of unbranched alkanes of at least 4 members (excludes halogenated alkanes) is 1. The zero-order chi connectivity index (χ0) is 21.8. The number of carbonyl (C=O) groups excluding carboxylic acids is 1. The van der Waals surface area contributed by atoms with E-state index in [4.69, 9.17) is 0 Å². The number of hydrogen-bond acceptors (Lipinski definition) is 6. The molecule has 7 nitrogen and oxygen atoms in total. The van der Waals surface area contributed by atoms with E-state index in [9.17, 15) is 13.2 Å². The number of sulfonamides is 1. The SMILES string of the molecule is CCCCC(N=C1NS(=O)(=O)c2ccccc21)C(=O)N1CCN(Cc2ccsc2)CC1. The Morgan fingerprint density at radius 3 is 2.68 bits per heavy atom. The zero-order valence-electron chi connectivity index (χ0n) is 17.7. The maximum Gasteiger partial charge on any atom is 0.263 e. The number of fused-ring (bicyclic) bond motifs is 1. The molecule has 1 N–H and O–H groups in total. The maximum absolute atomic E-state index is 13.3. The van der Waals surface area contributed by atoms with Gasteiger partial charge < -0.3 is 4.90 Å². The van der Waals surface area contributed by atoms with Crippen molar-refractivity contribution in [3.8, 4) is 0 Å². The number of hydrogen-bond donors (Lipinski definition) is 1. The topological polar surface area (TPSA) is 82.1 Å². The Morgan fingerprint density at radius 2 is 1.97 bits per heavy atom. The Labute approximate surface area is 187 Å². The minimum absolute atomic E-state index is 0.0142. The summed E-state index contributed by atoms with van der Waals surface area (Å²) in [5.41, 5.74) is 1.85. The summed E-state index contributed by atoms with van der Waals surface area (Å²) >= 11 is 1.70. The van der Waals surface area contributed by atoms with Crippen LogP contribution in [0.1, 0.15) is 37.3 Å². The highest BCUT2D eigenvalue weighted by atomic mass is 32.2. The summed E-state index contributed by atoms with van der Waals surface area (Å²) in [6, 6.07) is 8.33. The average molecular weight is 461 g/mol. The van der Waals surface area contributed by atoms with Crippen molar-refractivity contribution in [2.24, 2.45) is 4.99 Å². The first-order valence-corrected chi connectivity index (χ1v) is 13.1. The molecule has 2 aromatic rings. The second-order valence-electron chi connectivity index (χ2n) is 7.97. The summed E-state index contributed by atoms with van der Waals surface area (Å²) in [4.78, 5) is 22.4. The van der Waals surface area contributed by atoms with E-state index in [0.29, 0.717) is 25.1 Å². The lowest BCUT2D eigenvalue weighted by atomic mass is 10.1. The van der Waals surface area contributed by atoms with Crippen molar-refractivity contribution in [3.05, 3.63) is 52.2 Å². The molecule has 1 amide bonds. The van der Waals surface area contributed by atoms with Crippen LogP contribution in [0.15, 0.2) is 51.0 Å². The third-order valence-corrected chi connectivity index (χ3v) is 7.86. The minimum Gasteiger partial charge on any atom is -0.338 e. The van der Waals surface area contributed by atoms with Crippen molar-refractivity contribution in [2.45, 2.75) is 43.7 Å². The van der Waals surface area contributed by atoms with Crippen LogP contribution in [0.4, 0.5) is 0 Å². The molecule has 0 spiro atoms. The Bertz CT molecular complexity index is 1040. The fourth-order valence-electron chi connectivity index (χ4n) is 4.00. The Kier molecular flexibility index (Phi) is 6.74. The molecule has 9 heteroatoms. The number of thiophene rings is 1. The van der Waals surface area contributed by atoms with Crippen LogP contribution in [0.3, 0.4) is 0 Å². The summed E-state index contributed by atoms with van der Waals surface area (Å²) in [7, 11) is -3.62. The number of amidine groups is 1. The van der Waals surface area contributed by atoms with Gasteiger partial charge in [-0.05, 0) is 40.9 Å². The molecule has 0 saturated carbocycles. The number of aliphatic imine (C=N–C) groups is 1. The lowest BCUT2D eigenvalue weighted by Gasteiger charge is -2.35. The second kappa shape index (κ2) is 9.50. The van der Waals surface area contributed by atoms with E-state index in [0.717, 1.165) is 32.5 Å². The van der Waals surface area contributed by atoms with Gasteiger partial charge in [0.05, 0.1) is 4.90 Å². The summed E-state index contributed by atoms with van der Waals surface area (Å²) in [6.45, 7) is 5.97. The van der Waals surface area contributed by atoms with Gasteiger partial charge in [-0.3, -0.25) is 19.4 Å². The van der Waals surface area contributed by atoms with E-state index in [1.54, 1.807) is 35.6 Å². The highest BCUT2D eigenvalue weighted by Crippen LogP contribution is 2.24. The Morgan fingerprint density at radius 1 is 1.19 bits per heavy atom. The number of nitrogens with zero attached hydrogens (tertiary/aromatic N) is 3. The van der Waals surface area contributed by atoms with E-state index in [1.165, 1.54) is 5.56 Å². The quantitative estimate of drug-likeness (QED) is 0.689. The molecule has 0 radical (unpaired) electrons. The molecule has 1 atom stereocenters. The molecule has 0 aliphatic carbocycles. The maximum atomic E-state index is 13.3. The first-order chi connectivity index (χ1) is 15.0. The molecular formula is C22H28N4O3S2. The molecule has 166 valence electrons. The number of carbonyl (C=O) groups is 1. The van der Waals surface area contributed by atoms with Crippen LogP contribution < -0.4 is 4.72 Å². The number of nitrogens with one attached hydrogen (secondary N) is 1. The number of piperazine rings is 1. The molecule has 1 aromatic heterocycles. The van der Waals surface area contributed by atoms with Gasteiger partial charge in [-0.2, -0.15) is 11.3 Å². The number of rotatable bonds is 7. The van der Waals surface area contributed by atoms with Gasteiger partial charge in [-0.1, -0.05) is 31.9 Å². The number of benzene rings is 1. The van der Waals surface area contributed by atoms with E-state index < -0.39 is 16.1 Å². The van der Waals surface area contributed by atoms with Crippen molar-refractivity contribution in [2.75, 3.05) is 26.2 Å². The van der Waals surface area contributed by atoms with Gasteiger partial charge in [0.1, 0.15) is 11.9 Å². The largest absolute Gasteiger partial charge is 0.338 e. The molecule has 1 unspecified atom stereocenters. The van der Waals surface area contributed by atoms with Crippen molar-refractivity contribution in [1.82, 2.24) is 14.5 Å². The molecule has 1 aromatic carbocycles. The predicted octanol–water partition coefficient (Wildman–Crippen LogP) is 2.69. The van der Waals surface area contributed by atoms with Crippen LogP contribution in [0.25, 0.3) is 0 Å². The van der Waals surface area contributed by atoms with Crippen molar-refractivity contribution >= 4 is 33.1 Å². The monoisotopic (exact) mass is 460 g/mol. The molecular weight excluding hydrogens is 432 g/mol. The van der Waals surface area contributed by atoms with Crippen LogP contribution >= 0.6 is 11.3 Å². The normalized spacial score (nSPS) is 20.4. The average Bonchev–Trinajstić information content (AvgIpc) is 3.37. The van der Waals surface area contributed by atoms with E-state index in [1.807, 2.05) is 4.90 Å². The summed E-state index contributed by atoms with van der Waals surface area (Å²) in [5, 5.41) is 4.25. The first-order valence-electron chi connectivity index (χ1n) is 10.7. The van der Waals surface area contributed by atoms with Crippen LogP contribution in [0.5, 0.6) is 0 Å². The van der Waals surface area contributed by atoms with Gasteiger partial charge in [0, 0.05) is 38.3 Å². The standard InChI is InChI=1S/C22H28N4O3S2/c1-2-3-7-19(23-21-18-6-4-5-8-20(18)31(28,29)24-21)22(27)26-12-10-25(11-13-26)15-17-9-14-30-16-17/h4-6,8-9,14,16,19H,2-3,7,10-13,15H2,1H3,(H,23,24). The van der Waals surface area contributed by atoms with Gasteiger partial charge in [0.2, 0.25) is 5.91 Å². The van der Waals surface area contributed by atoms with Gasteiger partial charge in [-0.15, -0.1) is 0 Å². The summed E-state index contributed by atoms with van der Waals surface area (Å²) in [5.74, 6) is 0.265. The minimum atomic E-state index is -3.62. The van der Waals surface area contributed by atoms with Crippen LogP contribution in [0.2, 0.25) is 0 Å². The molecule has 3 heterocycles. The third-order valence-electron chi connectivity index (χ3n) is 5.73. The van der Waals surface area contributed by atoms with Gasteiger partial charge in [0.15, 0.2) is 0 Å². The molecule has 2 aliphatic rings. The summed E-state index contributed by atoms with van der Waals surface area (Å²) < 4.78 is 27.3. The molecule has 4 rings (SSSR count). The van der Waals surface area contributed by atoms with Crippen molar-refractivity contribution in [1.29, 1.82) is 0 Å². The van der Waals surface area contributed by atoms with Crippen LogP contribution in [-0.4, -0.2) is 62.2 Å². The van der Waals surface area contributed by atoms with E-state index in [2.05, 4.69) is 38.4 Å². The van der Waals surface area contributed by atoms with Crippen LogP contribution in [-0.2, 0) is 21.4 Å². The summed E-state index contributed by atoms with van der Waals surface area (Å²) in [6.07, 6.45) is 2.42. The molecule has 1 saturated heterocycles. The Hall–Kier alpha value is -2.23. The fourth-order valence-corrected chi connectivity index (χ4v) is 5.90. The molecule has 2 aliphatic heterocycles. The third kappa shape index (κ3) is 4.99. The predicted molar refractivity (Wildman–Crippen MR) is 123 cm³/mol. The fraction of sp³-hybridized carbons (Fsp3) is 0.455. The van der Waals surface area contributed by atoms with Gasteiger partial charge in [-0.25, -0.2) is 8.42 Å². The van der Waals surface area contributed by atoms with E-state index >= 15 is 0 Å². The van der Waals surface area contributed by atoms with Gasteiger partial charge >= 0.3 is 0 Å². The second-order valence-corrected chi connectivity index (χ2v) is 10.4. The van der Waals surface area contributed by atoms with Gasteiger partial charge in [0.25, 0.3) is 10.0 Å². The van der Waals surface area contributed by atoms with E-state index in [-0.39, 0.29) is 16.6 Å². The van der Waals surface area contributed by atoms with Crippen molar-refractivity contribution < 1.29 is 13.2 Å². The molecule has 0 bridgehead atoms. The Balaban J connectivity index is 1.47. The highest BCUT2D eigenvalue weighted by Gasteiger charge is 2.33. The van der Waals surface area contributed by atoms with Crippen molar-refractivity contribution in [3.63, 3.8) is 0 Å². The zero-order valence-corrected chi connectivity index (χ0v) is 19.3. The smallest absolute Gasteiger partial charge is 0.263 e.